The minimum atomic E-state index is -3.73. The van der Waals surface area contributed by atoms with Crippen LogP contribution < -0.4 is 14.2 Å². The highest BCUT2D eigenvalue weighted by Gasteiger charge is 2.18. The number of nitrogens with one attached hydrogen (secondary N) is 1. The third kappa shape index (κ3) is 4.80. The van der Waals surface area contributed by atoms with Crippen molar-refractivity contribution in [2.24, 2.45) is 0 Å². The van der Waals surface area contributed by atoms with Gasteiger partial charge in [-0.05, 0) is 48.0 Å². The first-order chi connectivity index (χ1) is 14.9. The second-order valence-electron chi connectivity index (χ2n) is 7.14. The third-order valence-corrected chi connectivity index (χ3v) is 6.19. The van der Waals surface area contributed by atoms with Gasteiger partial charge >= 0.3 is 0 Å². The summed E-state index contributed by atoms with van der Waals surface area (Å²) in [5.74, 6) is 1.14. The lowest BCUT2D eigenvalue weighted by molar-refractivity contribution is 0.0785. The summed E-state index contributed by atoms with van der Waals surface area (Å²) in [5.41, 5.74) is 1.61. The Balaban J connectivity index is 1.47. The molecule has 0 bridgehead atoms. The molecule has 0 aromatic heterocycles. The first-order valence-electron chi connectivity index (χ1n) is 9.74. The van der Waals surface area contributed by atoms with Gasteiger partial charge in [0.05, 0.1) is 4.90 Å². The SMILES string of the molecule is CN(Cc1ccc2c(c1)OCCO2)C(=O)c1cccc(NS(=O)(=O)c2ccccc2)c1. The first kappa shape index (κ1) is 20.7. The van der Waals surface area contributed by atoms with Crippen LogP contribution >= 0.6 is 0 Å². The number of hydrogen-bond acceptors (Lipinski definition) is 5. The van der Waals surface area contributed by atoms with Gasteiger partial charge < -0.3 is 14.4 Å². The van der Waals surface area contributed by atoms with Gasteiger partial charge in [-0.15, -0.1) is 0 Å². The van der Waals surface area contributed by atoms with Crippen LogP contribution in [0.3, 0.4) is 0 Å². The van der Waals surface area contributed by atoms with Gasteiger partial charge in [0.25, 0.3) is 15.9 Å². The zero-order chi connectivity index (χ0) is 21.8. The maximum Gasteiger partial charge on any atom is 0.261 e. The maximum absolute atomic E-state index is 12.9. The van der Waals surface area contributed by atoms with Crippen LogP contribution in [-0.2, 0) is 16.6 Å². The number of sulfonamides is 1. The summed E-state index contributed by atoms with van der Waals surface area (Å²) in [6.07, 6.45) is 0. The molecule has 0 atom stereocenters. The van der Waals surface area contributed by atoms with Crippen LogP contribution in [-0.4, -0.2) is 39.5 Å². The fourth-order valence-corrected chi connectivity index (χ4v) is 4.35. The third-order valence-electron chi connectivity index (χ3n) is 4.79. The van der Waals surface area contributed by atoms with Gasteiger partial charge in [0.15, 0.2) is 11.5 Å². The van der Waals surface area contributed by atoms with E-state index in [0.717, 1.165) is 5.56 Å². The first-order valence-corrected chi connectivity index (χ1v) is 11.2. The largest absolute Gasteiger partial charge is 0.486 e. The molecule has 0 spiro atoms. The van der Waals surface area contributed by atoms with Gasteiger partial charge in [0.2, 0.25) is 0 Å². The van der Waals surface area contributed by atoms with Crippen molar-refractivity contribution in [3.63, 3.8) is 0 Å². The fraction of sp³-hybridized carbons (Fsp3) is 0.174. The van der Waals surface area contributed by atoms with E-state index in [4.69, 9.17) is 9.47 Å². The van der Waals surface area contributed by atoms with Crippen molar-refractivity contribution in [3.05, 3.63) is 83.9 Å². The van der Waals surface area contributed by atoms with Crippen LogP contribution in [0.4, 0.5) is 5.69 Å². The van der Waals surface area contributed by atoms with E-state index < -0.39 is 10.0 Å². The van der Waals surface area contributed by atoms with E-state index in [9.17, 15) is 13.2 Å². The van der Waals surface area contributed by atoms with Gasteiger partial charge in [0, 0.05) is 24.8 Å². The molecule has 0 saturated carbocycles. The second kappa shape index (κ2) is 8.69. The zero-order valence-corrected chi connectivity index (χ0v) is 17.8. The molecule has 8 heteroatoms. The highest BCUT2D eigenvalue weighted by molar-refractivity contribution is 7.92. The molecule has 3 aromatic carbocycles. The van der Waals surface area contributed by atoms with Gasteiger partial charge in [-0.25, -0.2) is 8.42 Å². The summed E-state index contributed by atoms with van der Waals surface area (Å²) < 4.78 is 38.7. The van der Waals surface area contributed by atoms with Gasteiger partial charge in [-0.2, -0.15) is 0 Å². The Labute approximate surface area is 181 Å². The monoisotopic (exact) mass is 438 g/mol. The van der Waals surface area contributed by atoms with Crippen LogP contribution in [0.15, 0.2) is 77.7 Å². The number of fused-ring (bicyclic) bond motifs is 1. The lowest BCUT2D eigenvalue weighted by atomic mass is 10.1. The van der Waals surface area contributed by atoms with Crippen molar-refractivity contribution in [2.45, 2.75) is 11.4 Å². The Hall–Kier alpha value is -3.52. The molecule has 7 nitrogen and oxygen atoms in total. The van der Waals surface area contributed by atoms with Crippen LogP contribution in [0.25, 0.3) is 0 Å². The van der Waals surface area contributed by atoms with E-state index in [1.54, 1.807) is 48.3 Å². The number of carbonyl (C=O) groups is 1. The van der Waals surface area contributed by atoms with Crippen LogP contribution in [0, 0.1) is 0 Å². The average molecular weight is 439 g/mol. The number of ether oxygens (including phenoxy) is 2. The standard InChI is InChI=1S/C23H22N2O5S/c1-25(16-17-10-11-21-22(14-17)30-13-12-29-21)23(26)18-6-5-7-19(15-18)24-31(27,28)20-8-3-2-4-9-20/h2-11,14-15,24H,12-13,16H2,1H3. The van der Waals surface area contributed by atoms with Crippen LogP contribution in [0.5, 0.6) is 11.5 Å². The van der Waals surface area contributed by atoms with Crippen LogP contribution in [0.2, 0.25) is 0 Å². The molecule has 0 unspecified atom stereocenters. The maximum atomic E-state index is 12.9. The van der Waals surface area contributed by atoms with E-state index in [1.165, 1.54) is 18.2 Å². The molecule has 0 fully saturated rings. The smallest absolute Gasteiger partial charge is 0.261 e. The molecule has 0 saturated heterocycles. The Kier molecular flexibility index (Phi) is 5.81. The fourth-order valence-electron chi connectivity index (χ4n) is 3.28. The molecule has 31 heavy (non-hydrogen) atoms. The number of anilines is 1. The molecule has 1 heterocycles. The number of hydrogen-bond donors (Lipinski definition) is 1. The molecular weight excluding hydrogens is 416 g/mol. The molecule has 160 valence electrons. The molecule has 1 aliphatic heterocycles. The molecule has 1 N–H and O–H groups in total. The molecule has 4 rings (SSSR count). The summed E-state index contributed by atoms with van der Waals surface area (Å²) in [6, 6.07) is 20.1. The number of nitrogens with zero attached hydrogens (tertiary/aromatic N) is 1. The quantitative estimate of drug-likeness (QED) is 0.636. The summed E-state index contributed by atoms with van der Waals surface area (Å²) in [4.78, 5) is 14.6. The minimum Gasteiger partial charge on any atom is -0.486 e. The normalized spacial score (nSPS) is 12.8. The van der Waals surface area contributed by atoms with Gasteiger partial charge in [0.1, 0.15) is 13.2 Å². The van der Waals surface area contributed by atoms with Crippen molar-refractivity contribution in [1.82, 2.24) is 4.90 Å². The topological polar surface area (TPSA) is 84.9 Å². The Morgan fingerprint density at radius 3 is 2.45 bits per heavy atom. The molecule has 0 aliphatic carbocycles. The van der Waals surface area contributed by atoms with E-state index >= 15 is 0 Å². The van der Waals surface area contributed by atoms with E-state index in [0.29, 0.717) is 42.5 Å². The summed E-state index contributed by atoms with van der Waals surface area (Å²) in [7, 11) is -2.04. The number of rotatable bonds is 6. The van der Waals surface area contributed by atoms with Crippen molar-refractivity contribution in [3.8, 4) is 11.5 Å². The Morgan fingerprint density at radius 1 is 0.935 bits per heavy atom. The predicted molar refractivity (Wildman–Crippen MR) is 117 cm³/mol. The van der Waals surface area contributed by atoms with E-state index in [-0.39, 0.29) is 10.8 Å². The zero-order valence-electron chi connectivity index (χ0n) is 16.9. The second-order valence-corrected chi connectivity index (χ2v) is 8.82. The summed E-state index contributed by atoms with van der Waals surface area (Å²) >= 11 is 0. The van der Waals surface area contributed by atoms with Crippen LogP contribution in [0.1, 0.15) is 15.9 Å². The van der Waals surface area contributed by atoms with Gasteiger partial charge in [-0.1, -0.05) is 30.3 Å². The molecule has 3 aromatic rings. The average Bonchev–Trinajstić information content (AvgIpc) is 2.79. The number of amides is 1. The lowest BCUT2D eigenvalue weighted by Crippen LogP contribution is -2.26. The molecular formula is C23H22N2O5S. The van der Waals surface area contributed by atoms with Crippen molar-refractivity contribution in [1.29, 1.82) is 0 Å². The number of benzene rings is 3. The van der Waals surface area contributed by atoms with Crippen molar-refractivity contribution >= 4 is 21.6 Å². The molecule has 0 radical (unpaired) electrons. The number of carbonyl (C=O) groups excluding carboxylic acids is 1. The summed E-state index contributed by atoms with van der Waals surface area (Å²) in [6.45, 7) is 1.39. The van der Waals surface area contributed by atoms with E-state index in [1.807, 2.05) is 18.2 Å². The molecule has 1 aliphatic rings. The lowest BCUT2D eigenvalue weighted by Gasteiger charge is -2.21. The molecule has 1 amide bonds. The van der Waals surface area contributed by atoms with Crippen molar-refractivity contribution < 1.29 is 22.7 Å². The Bertz CT molecular complexity index is 1200. The van der Waals surface area contributed by atoms with Gasteiger partial charge in [-0.3, -0.25) is 9.52 Å². The van der Waals surface area contributed by atoms with Crippen molar-refractivity contribution in [2.75, 3.05) is 25.0 Å². The highest BCUT2D eigenvalue weighted by Crippen LogP contribution is 2.31. The highest BCUT2D eigenvalue weighted by atomic mass is 32.2. The minimum absolute atomic E-state index is 0.155. The van der Waals surface area contributed by atoms with E-state index in [2.05, 4.69) is 4.72 Å². The Morgan fingerprint density at radius 2 is 1.68 bits per heavy atom. The predicted octanol–water partition coefficient (Wildman–Crippen LogP) is 3.53. The summed E-state index contributed by atoms with van der Waals surface area (Å²) in [5, 5.41) is 0.